The molecule has 0 saturated carbocycles. The Morgan fingerprint density at radius 3 is 2.26 bits per heavy atom. The van der Waals surface area contributed by atoms with E-state index in [1.807, 2.05) is 37.9 Å². The van der Waals surface area contributed by atoms with Crippen LogP contribution in [0.4, 0.5) is 5.69 Å². The molecule has 2 aromatic rings. The number of amides is 4. The molecule has 206 valence electrons. The second-order valence-corrected chi connectivity index (χ2v) is 9.65. The van der Waals surface area contributed by atoms with Crippen LogP contribution in [-0.2, 0) is 20.8 Å². The molecule has 2 heterocycles. The Bertz CT molecular complexity index is 1120. The van der Waals surface area contributed by atoms with Crippen molar-refractivity contribution >= 4 is 29.3 Å². The third kappa shape index (κ3) is 7.18. The van der Waals surface area contributed by atoms with Crippen molar-refractivity contribution in [1.82, 2.24) is 25.6 Å². The maximum atomic E-state index is 13.4. The highest BCUT2D eigenvalue weighted by atomic mass is 16.5. The normalized spacial score (nSPS) is 16.3. The molecule has 4 amide bonds. The van der Waals surface area contributed by atoms with Crippen LogP contribution in [-0.4, -0.2) is 83.9 Å². The van der Waals surface area contributed by atoms with Gasteiger partial charge in [0.05, 0.1) is 5.69 Å². The first kappa shape index (κ1) is 28.8. The second kappa shape index (κ2) is 13.2. The number of hydrogen-bond acceptors (Lipinski definition) is 7. The maximum absolute atomic E-state index is 13.4. The first-order chi connectivity index (χ1) is 18.1. The van der Waals surface area contributed by atoms with Gasteiger partial charge in [-0.05, 0) is 38.1 Å². The molecule has 1 saturated heterocycles. The van der Waals surface area contributed by atoms with E-state index in [1.54, 1.807) is 26.0 Å². The summed E-state index contributed by atoms with van der Waals surface area (Å²) in [6.45, 7) is 9.95. The van der Waals surface area contributed by atoms with E-state index < -0.39 is 18.0 Å². The average Bonchev–Trinajstić information content (AvgIpc) is 3.41. The van der Waals surface area contributed by atoms with Crippen molar-refractivity contribution in [2.75, 3.05) is 38.5 Å². The van der Waals surface area contributed by atoms with Gasteiger partial charge in [0.1, 0.15) is 23.9 Å². The van der Waals surface area contributed by atoms with Crippen molar-refractivity contribution in [3.63, 3.8) is 0 Å². The van der Waals surface area contributed by atoms with Gasteiger partial charge < -0.3 is 30.3 Å². The Labute approximate surface area is 223 Å². The Hall–Kier alpha value is -3.73. The summed E-state index contributed by atoms with van der Waals surface area (Å²) in [7, 11) is 2.02. The molecule has 0 unspecified atom stereocenters. The molecule has 0 aliphatic carbocycles. The number of hydrogen-bond donors (Lipinski definition) is 3. The number of carbonyl (C=O) groups is 4. The molecule has 11 heteroatoms. The zero-order valence-corrected chi connectivity index (χ0v) is 22.7. The van der Waals surface area contributed by atoms with Gasteiger partial charge in [0, 0.05) is 44.2 Å². The number of nitrogens with one attached hydrogen (secondary N) is 3. The summed E-state index contributed by atoms with van der Waals surface area (Å²) in [4.78, 5) is 54.7. The van der Waals surface area contributed by atoms with Gasteiger partial charge in [-0.25, -0.2) is 0 Å². The van der Waals surface area contributed by atoms with E-state index >= 15 is 0 Å². The Morgan fingerprint density at radius 2 is 1.66 bits per heavy atom. The van der Waals surface area contributed by atoms with Gasteiger partial charge in [-0.1, -0.05) is 38.1 Å². The minimum atomic E-state index is -0.796. The third-order valence-electron chi connectivity index (χ3n) is 6.89. The van der Waals surface area contributed by atoms with Crippen LogP contribution in [0.25, 0.3) is 0 Å². The van der Waals surface area contributed by atoms with Crippen LogP contribution in [0.1, 0.15) is 61.6 Å². The number of aromatic nitrogens is 1. The van der Waals surface area contributed by atoms with Gasteiger partial charge >= 0.3 is 0 Å². The van der Waals surface area contributed by atoms with Gasteiger partial charge in [0.15, 0.2) is 0 Å². The van der Waals surface area contributed by atoms with Crippen molar-refractivity contribution in [2.24, 2.45) is 0 Å². The number of nitrogens with zero attached hydrogens (tertiary/aromatic N) is 3. The largest absolute Gasteiger partial charge is 0.364 e. The summed E-state index contributed by atoms with van der Waals surface area (Å²) in [5.41, 5.74) is 2.24. The average molecular weight is 527 g/mol. The summed E-state index contributed by atoms with van der Waals surface area (Å²) in [6, 6.07) is 5.66. The quantitative estimate of drug-likeness (QED) is 0.429. The van der Waals surface area contributed by atoms with Gasteiger partial charge in [-0.2, -0.15) is 0 Å². The molecular weight excluding hydrogens is 488 g/mol. The molecule has 0 bridgehead atoms. The first-order valence-corrected chi connectivity index (χ1v) is 13.1. The lowest BCUT2D eigenvalue weighted by molar-refractivity contribution is -0.138. The van der Waals surface area contributed by atoms with Gasteiger partial charge in [0.2, 0.25) is 17.7 Å². The van der Waals surface area contributed by atoms with Crippen LogP contribution in [0.2, 0.25) is 0 Å². The minimum Gasteiger partial charge on any atom is -0.364 e. The number of anilines is 1. The highest BCUT2D eigenvalue weighted by Gasteiger charge is 2.32. The molecule has 1 aliphatic rings. The molecule has 11 nitrogen and oxygen atoms in total. The Morgan fingerprint density at radius 1 is 1.00 bits per heavy atom. The lowest BCUT2D eigenvalue weighted by Gasteiger charge is -2.36. The first-order valence-electron chi connectivity index (χ1n) is 13.1. The molecule has 3 atom stereocenters. The van der Waals surface area contributed by atoms with Crippen LogP contribution in [0.3, 0.4) is 0 Å². The fourth-order valence-corrected chi connectivity index (χ4v) is 4.25. The van der Waals surface area contributed by atoms with Crippen LogP contribution in [0.15, 0.2) is 35.1 Å². The van der Waals surface area contributed by atoms with Gasteiger partial charge in [-0.3, -0.25) is 19.2 Å². The van der Waals surface area contributed by atoms with Gasteiger partial charge in [0.25, 0.3) is 5.91 Å². The number of aryl methyl sites for hydroxylation is 1. The fourth-order valence-electron chi connectivity index (χ4n) is 4.25. The van der Waals surface area contributed by atoms with Gasteiger partial charge in [-0.15, -0.1) is 0 Å². The highest BCUT2D eigenvalue weighted by Crippen LogP contribution is 2.23. The fraction of sp³-hybridized carbons (Fsp3) is 0.519. The summed E-state index contributed by atoms with van der Waals surface area (Å²) < 4.78 is 4.86. The molecular formula is C27H38N6O5. The molecule has 3 rings (SSSR count). The van der Waals surface area contributed by atoms with E-state index in [2.05, 4.69) is 26.0 Å². The zero-order chi connectivity index (χ0) is 27.8. The number of benzene rings is 1. The van der Waals surface area contributed by atoms with Crippen molar-refractivity contribution in [3.8, 4) is 0 Å². The van der Waals surface area contributed by atoms with Crippen LogP contribution in [0, 0.1) is 0 Å². The zero-order valence-electron chi connectivity index (χ0n) is 22.7. The Kier molecular flexibility index (Phi) is 10.0. The molecule has 38 heavy (non-hydrogen) atoms. The molecule has 1 aliphatic heterocycles. The maximum Gasteiger partial charge on any atom is 0.257 e. The van der Waals surface area contributed by atoms with E-state index in [-0.39, 0.29) is 30.1 Å². The number of likely N-dealkylation sites (N-methyl/N-ethyl adjacent to an activating group) is 1. The van der Waals surface area contributed by atoms with Crippen LogP contribution < -0.4 is 16.0 Å². The molecule has 1 aromatic heterocycles. The SMILES string of the molecule is CCC(=O)N[C@@H](C(=O)N1CCN(C)CC1)[C@@H](C)c1ccc(NC(=O)[C@H](C)NC(=O)c2conc2CC)cc1. The minimum absolute atomic E-state index is 0.0894. The lowest BCUT2D eigenvalue weighted by atomic mass is 9.91. The van der Waals surface area contributed by atoms with Crippen molar-refractivity contribution in [2.45, 2.75) is 58.5 Å². The van der Waals surface area contributed by atoms with Crippen molar-refractivity contribution in [1.29, 1.82) is 0 Å². The molecule has 0 spiro atoms. The number of piperazine rings is 1. The summed E-state index contributed by atoms with van der Waals surface area (Å²) in [5, 5.41) is 12.1. The van der Waals surface area contributed by atoms with Crippen LogP contribution in [0.5, 0.6) is 0 Å². The van der Waals surface area contributed by atoms with Crippen molar-refractivity contribution in [3.05, 3.63) is 47.3 Å². The molecule has 1 fully saturated rings. The lowest BCUT2D eigenvalue weighted by Crippen LogP contribution is -2.55. The Balaban J connectivity index is 1.64. The second-order valence-electron chi connectivity index (χ2n) is 9.65. The predicted octanol–water partition coefficient (Wildman–Crippen LogP) is 1.77. The monoisotopic (exact) mass is 526 g/mol. The topological polar surface area (TPSA) is 137 Å². The highest BCUT2D eigenvalue weighted by molar-refractivity contribution is 6.01. The van der Waals surface area contributed by atoms with E-state index in [0.717, 1.165) is 18.7 Å². The number of carbonyl (C=O) groups excluding carboxylic acids is 4. The molecule has 3 N–H and O–H groups in total. The summed E-state index contributed by atoms with van der Waals surface area (Å²) in [5.74, 6) is -1.36. The van der Waals surface area contributed by atoms with Crippen molar-refractivity contribution < 1.29 is 23.7 Å². The van der Waals surface area contributed by atoms with E-state index in [1.165, 1.54) is 6.26 Å². The predicted molar refractivity (Wildman–Crippen MR) is 143 cm³/mol. The number of rotatable bonds is 10. The van der Waals surface area contributed by atoms with E-state index in [4.69, 9.17) is 4.52 Å². The van der Waals surface area contributed by atoms with E-state index in [0.29, 0.717) is 36.5 Å². The summed E-state index contributed by atoms with van der Waals surface area (Å²) >= 11 is 0. The van der Waals surface area contributed by atoms with Crippen LogP contribution >= 0.6 is 0 Å². The third-order valence-corrected chi connectivity index (χ3v) is 6.89. The molecule has 1 aromatic carbocycles. The van der Waals surface area contributed by atoms with E-state index in [9.17, 15) is 19.2 Å². The smallest absolute Gasteiger partial charge is 0.257 e. The standard InChI is InChI=1S/C27H38N6O5/c1-6-22-21(16-38-31-22)26(36)28-18(4)25(35)29-20-10-8-19(9-11-20)17(3)24(30-23(34)7-2)27(37)33-14-12-32(5)13-15-33/h8-11,16-18,24H,6-7,12-15H2,1-5H3,(H,28,36)(H,29,35)(H,30,34)/t17-,18-,24+/m0/s1. The molecule has 0 radical (unpaired) electrons. The summed E-state index contributed by atoms with van der Waals surface area (Å²) in [6.07, 6.45) is 2.09.